The van der Waals surface area contributed by atoms with Crippen LogP contribution in [-0.2, 0) is 14.6 Å². The van der Waals surface area contributed by atoms with Crippen molar-refractivity contribution in [3.05, 3.63) is 0 Å². The first-order chi connectivity index (χ1) is 8.07. The number of hydrogen-bond donors (Lipinski definition) is 0. The van der Waals surface area contributed by atoms with Gasteiger partial charge in [0.05, 0.1) is 11.5 Å². The summed E-state index contributed by atoms with van der Waals surface area (Å²) in [4.78, 5) is 13.8. The molecule has 0 unspecified atom stereocenters. The maximum absolute atomic E-state index is 11.9. The molecule has 0 bridgehead atoms. The maximum atomic E-state index is 11.9. The second kappa shape index (κ2) is 5.38. The van der Waals surface area contributed by atoms with Gasteiger partial charge in [0, 0.05) is 19.5 Å². The van der Waals surface area contributed by atoms with E-state index in [1.165, 1.54) is 6.42 Å². The van der Waals surface area contributed by atoms with Crippen molar-refractivity contribution in [3.63, 3.8) is 0 Å². The molecule has 0 aromatic rings. The Morgan fingerprint density at radius 2 is 1.88 bits per heavy atom. The molecule has 2 heterocycles. The molecule has 98 valence electrons. The fourth-order valence-electron chi connectivity index (χ4n) is 2.73. The lowest BCUT2D eigenvalue weighted by atomic mass is 10.0. The van der Waals surface area contributed by atoms with Crippen LogP contribution >= 0.6 is 0 Å². The van der Waals surface area contributed by atoms with Crippen LogP contribution in [0.1, 0.15) is 38.5 Å². The summed E-state index contributed by atoms with van der Waals surface area (Å²) in [7, 11) is -2.79. The Bertz CT molecular complexity index is 371. The zero-order valence-electron chi connectivity index (χ0n) is 10.2. The predicted molar refractivity (Wildman–Crippen MR) is 66.4 cm³/mol. The number of piperidine rings is 1. The SMILES string of the molecule is O=C(CC[C@H]1CCS(=O)(=O)C1)N1CCCCC1. The highest BCUT2D eigenvalue weighted by Gasteiger charge is 2.28. The summed E-state index contributed by atoms with van der Waals surface area (Å²) in [6, 6.07) is 0. The molecule has 0 aliphatic carbocycles. The van der Waals surface area contributed by atoms with Gasteiger partial charge < -0.3 is 4.90 Å². The summed E-state index contributed by atoms with van der Waals surface area (Å²) in [6.07, 6.45) is 5.47. The zero-order valence-corrected chi connectivity index (χ0v) is 11.0. The minimum absolute atomic E-state index is 0.216. The number of rotatable bonds is 3. The summed E-state index contributed by atoms with van der Waals surface area (Å²) in [5.41, 5.74) is 0. The number of amides is 1. The molecule has 0 aromatic heterocycles. The fraction of sp³-hybridized carbons (Fsp3) is 0.917. The lowest BCUT2D eigenvalue weighted by Gasteiger charge is -2.27. The van der Waals surface area contributed by atoms with Crippen LogP contribution in [0.2, 0.25) is 0 Å². The second-order valence-corrected chi connectivity index (χ2v) is 7.48. The Morgan fingerprint density at radius 3 is 2.47 bits per heavy atom. The third-order valence-corrected chi connectivity index (χ3v) is 5.64. The molecule has 17 heavy (non-hydrogen) atoms. The van der Waals surface area contributed by atoms with Crippen LogP contribution < -0.4 is 0 Å². The first-order valence-corrected chi connectivity index (χ1v) is 8.37. The van der Waals surface area contributed by atoms with E-state index in [9.17, 15) is 13.2 Å². The van der Waals surface area contributed by atoms with E-state index in [4.69, 9.17) is 0 Å². The van der Waals surface area contributed by atoms with E-state index < -0.39 is 9.84 Å². The Labute approximate surface area is 103 Å². The number of sulfone groups is 1. The molecule has 5 heteroatoms. The molecule has 0 radical (unpaired) electrons. The summed E-state index contributed by atoms with van der Waals surface area (Å²) in [5.74, 6) is 1.04. The van der Waals surface area contributed by atoms with Gasteiger partial charge in [0.15, 0.2) is 9.84 Å². The molecule has 2 aliphatic rings. The molecular formula is C12H21NO3S. The molecule has 0 spiro atoms. The lowest BCUT2D eigenvalue weighted by Crippen LogP contribution is -2.35. The van der Waals surface area contributed by atoms with E-state index in [1.807, 2.05) is 4.90 Å². The molecule has 0 saturated carbocycles. The number of hydrogen-bond acceptors (Lipinski definition) is 3. The molecule has 0 aromatic carbocycles. The number of likely N-dealkylation sites (tertiary alicyclic amines) is 1. The summed E-state index contributed by atoms with van der Waals surface area (Å²) >= 11 is 0. The minimum Gasteiger partial charge on any atom is -0.343 e. The molecule has 4 nitrogen and oxygen atoms in total. The van der Waals surface area contributed by atoms with E-state index in [0.29, 0.717) is 17.9 Å². The average Bonchev–Trinajstić information content (AvgIpc) is 2.67. The molecule has 2 saturated heterocycles. The van der Waals surface area contributed by atoms with Crippen LogP contribution in [0.15, 0.2) is 0 Å². The van der Waals surface area contributed by atoms with Gasteiger partial charge >= 0.3 is 0 Å². The Balaban J connectivity index is 1.73. The smallest absolute Gasteiger partial charge is 0.222 e. The van der Waals surface area contributed by atoms with E-state index >= 15 is 0 Å². The highest BCUT2D eigenvalue weighted by Crippen LogP contribution is 2.23. The second-order valence-electron chi connectivity index (χ2n) is 5.25. The molecule has 2 aliphatic heterocycles. The highest BCUT2D eigenvalue weighted by atomic mass is 32.2. The topological polar surface area (TPSA) is 54.5 Å². The van der Waals surface area contributed by atoms with Crippen molar-refractivity contribution >= 4 is 15.7 Å². The standard InChI is InChI=1S/C12H21NO3S/c14-12(13-7-2-1-3-8-13)5-4-11-6-9-17(15,16)10-11/h11H,1-10H2/t11-/m0/s1. The number of carbonyl (C=O) groups excluding carboxylic acids is 1. The van der Waals surface area contributed by atoms with Crippen LogP contribution in [0.25, 0.3) is 0 Å². The Morgan fingerprint density at radius 1 is 1.18 bits per heavy atom. The third-order valence-electron chi connectivity index (χ3n) is 3.80. The van der Waals surface area contributed by atoms with Crippen molar-refractivity contribution in [2.75, 3.05) is 24.6 Å². The molecule has 1 atom stereocenters. The van der Waals surface area contributed by atoms with Gasteiger partial charge in [-0.15, -0.1) is 0 Å². The van der Waals surface area contributed by atoms with E-state index in [0.717, 1.165) is 38.8 Å². The van der Waals surface area contributed by atoms with Crippen molar-refractivity contribution in [1.29, 1.82) is 0 Å². The van der Waals surface area contributed by atoms with E-state index in [2.05, 4.69) is 0 Å². The van der Waals surface area contributed by atoms with Crippen LogP contribution in [-0.4, -0.2) is 43.8 Å². The maximum Gasteiger partial charge on any atom is 0.222 e. The van der Waals surface area contributed by atoms with Gasteiger partial charge in [-0.2, -0.15) is 0 Å². The van der Waals surface area contributed by atoms with Crippen molar-refractivity contribution in [3.8, 4) is 0 Å². The van der Waals surface area contributed by atoms with Gasteiger partial charge in [-0.1, -0.05) is 0 Å². The zero-order chi connectivity index (χ0) is 12.3. The largest absolute Gasteiger partial charge is 0.343 e. The van der Waals surface area contributed by atoms with Crippen LogP contribution in [0, 0.1) is 5.92 Å². The van der Waals surface area contributed by atoms with Gasteiger partial charge in [-0.25, -0.2) is 8.42 Å². The fourth-order valence-corrected chi connectivity index (χ4v) is 4.64. The Kier molecular flexibility index (Phi) is 4.07. The normalized spacial score (nSPS) is 28.2. The number of carbonyl (C=O) groups is 1. The van der Waals surface area contributed by atoms with Crippen molar-refractivity contribution in [1.82, 2.24) is 4.90 Å². The third kappa shape index (κ3) is 3.69. The highest BCUT2D eigenvalue weighted by molar-refractivity contribution is 7.91. The predicted octanol–water partition coefficient (Wildman–Crippen LogP) is 1.21. The van der Waals surface area contributed by atoms with E-state index in [1.54, 1.807) is 0 Å². The summed E-state index contributed by atoms with van der Waals surface area (Å²) in [5, 5.41) is 0. The molecule has 1 amide bonds. The van der Waals surface area contributed by atoms with Crippen LogP contribution in [0.5, 0.6) is 0 Å². The lowest BCUT2D eigenvalue weighted by molar-refractivity contribution is -0.132. The summed E-state index contributed by atoms with van der Waals surface area (Å²) in [6.45, 7) is 1.78. The number of nitrogens with zero attached hydrogens (tertiary/aromatic N) is 1. The minimum atomic E-state index is -2.79. The van der Waals surface area contributed by atoms with Crippen molar-refractivity contribution in [2.24, 2.45) is 5.92 Å². The monoisotopic (exact) mass is 259 g/mol. The van der Waals surface area contributed by atoms with Gasteiger partial charge in [0.25, 0.3) is 0 Å². The molecule has 2 fully saturated rings. The van der Waals surface area contributed by atoms with Gasteiger partial charge in [0.1, 0.15) is 0 Å². The van der Waals surface area contributed by atoms with Gasteiger partial charge in [-0.3, -0.25) is 4.79 Å². The first kappa shape index (κ1) is 12.9. The van der Waals surface area contributed by atoms with Crippen molar-refractivity contribution in [2.45, 2.75) is 38.5 Å². The quantitative estimate of drug-likeness (QED) is 0.765. The summed E-state index contributed by atoms with van der Waals surface area (Å²) < 4.78 is 22.6. The van der Waals surface area contributed by atoms with Crippen LogP contribution in [0.4, 0.5) is 0 Å². The first-order valence-electron chi connectivity index (χ1n) is 6.55. The van der Waals surface area contributed by atoms with Gasteiger partial charge in [-0.05, 0) is 38.0 Å². The molecular weight excluding hydrogens is 238 g/mol. The average molecular weight is 259 g/mol. The van der Waals surface area contributed by atoms with E-state index in [-0.39, 0.29) is 11.8 Å². The Hall–Kier alpha value is -0.580. The van der Waals surface area contributed by atoms with Crippen LogP contribution in [0.3, 0.4) is 0 Å². The van der Waals surface area contributed by atoms with Gasteiger partial charge in [0.2, 0.25) is 5.91 Å². The molecule has 2 rings (SSSR count). The van der Waals surface area contributed by atoms with Crippen molar-refractivity contribution < 1.29 is 13.2 Å². The molecule has 0 N–H and O–H groups in total.